The van der Waals surface area contributed by atoms with Crippen molar-refractivity contribution in [1.29, 1.82) is 0 Å². The van der Waals surface area contributed by atoms with Gasteiger partial charge in [0.15, 0.2) is 0 Å². The van der Waals surface area contributed by atoms with Gasteiger partial charge in [0.25, 0.3) is 0 Å². The minimum Gasteiger partial charge on any atom is -0.468 e. The predicted octanol–water partition coefficient (Wildman–Crippen LogP) is 4.54. The molecule has 0 aliphatic heterocycles. The summed E-state index contributed by atoms with van der Waals surface area (Å²) in [6, 6.07) is 5.60. The smallest absolute Gasteiger partial charge is 0.408 e. The van der Waals surface area contributed by atoms with Crippen LogP contribution in [0.3, 0.4) is 0 Å². The second kappa shape index (κ2) is 16.0. The molecule has 0 saturated heterocycles. The average Bonchev–Trinajstić information content (AvgIpc) is 2.86. The molecule has 38 heavy (non-hydrogen) atoms. The van der Waals surface area contributed by atoms with Crippen molar-refractivity contribution in [3.63, 3.8) is 0 Å². The van der Waals surface area contributed by atoms with E-state index in [9.17, 15) is 19.2 Å². The SMILES string of the molecule is CCCCCCN(C(=O)C(NC(=O)OC(C)(C)C)C(C)C)C(C(=O)NCC(=O)OC)c1ccc(CC)cc1. The number of nitrogens with one attached hydrogen (secondary N) is 2. The maximum atomic E-state index is 14.1. The van der Waals surface area contributed by atoms with Gasteiger partial charge in [-0.15, -0.1) is 0 Å². The highest BCUT2D eigenvalue weighted by atomic mass is 16.6. The zero-order valence-electron chi connectivity index (χ0n) is 24.4. The molecular formula is C29H47N3O6. The normalized spacial score (nSPS) is 12.9. The second-order valence-corrected chi connectivity index (χ2v) is 10.8. The molecule has 0 aliphatic carbocycles. The number of carbonyl (C=O) groups excluding carboxylic acids is 4. The zero-order valence-corrected chi connectivity index (χ0v) is 24.4. The molecule has 3 amide bonds. The van der Waals surface area contributed by atoms with Crippen molar-refractivity contribution in [2.75, 3.05) is 20.2 Å². The number of unbranched alkanes of at least 4 members (excludes halogenated alkanes) is 3. The summed E-state index contributed by atoms with van der Waals surface area (Å²) in [5.41, 5.74) is 0.981. The Morgan fingerprint density at radius 2 is 1.61 bits per heavy atom. The van der Waals surface area contributed by atoms with Crippen LogP contribution in [0.1, 0.15) is 91.3 Å². The quantitative estimate of drug-likeness (QED) is 0.268. The molecule has 0 aliphatic rings. The van der Waals surface area contributed by atoms with Crippen molar-refractivity contribution in [3.05, 3.63) is 35.4 Å². The molecule has 0 heterocycles. The number of benzene rings is 1. The minimum atomic E-state index is -0.999. The van der Waals surface area contributed by atoms with E-state index >= 15 is 0 Å². The molecule has 0 radical (unpaired) electrons. The molecule has 0 bridgehead atoms. The van der Waals surface area contributed by atoms with Gasteiger partial charge in [0.05, 0.1) is 7.11 Å². The zero-order chi connectivity index (χ0) is 28.9. The van der Waals surface area contributed by atoms with Gasteiger partial charge in [-0.05, 0) is 50.7 Å². The van der Waals surface area contributed by atoms with E-state index in [4.69, 9.17) is 4.74 Å². The lowest BCUT2D eigenvalue weighted by molar-refractivity contribution is -0.145. The fraction of sp³-hybridized carbons (Fsp3) is 0.655. The molecule has 0 aromatic heterocycles. The Labute approximate surface area is 228 Å². The molecule has 2 N–H and O–H groups in total. The van der Waals surface area contributed by atoms with Crippen molar-refractivity contribution in [2.45, 2.75) is 98.3 Å². The first-order chi connectivity index (χ1) is 17.8. The summed E-state index contributed by atoms with van der Waals surface area (Å²) in [5, 5.41) is 5.34. The van der Waals surface area contributed by atoms with Gasteiger partial charge in [0.1, 0.15) is 24.2 Å². The highest BCUT2D eigenvalue weighted by molar-refractivity contribution is 5.93. The Morgan fingerprint density at radius 1 is 0.974 bits per heavy atom. The molecule has 1 aromatic rings. The summed E-state index contributed by atoms with van der Waals surface area (Å²) >= 11 is 0. The number of hydrogen-bond acceptors (Lipinski definition) is 6. The van der Waals surface area contributed by atoms with Crippen LogP contribution in [0.4, 0.5) is 4.79 Å². The number of aryl methyl sites for hydroxylation is 1. The first-order valence-electron chi connectivity index (χ1n) is 13.6. The Bertz CT molecular complexity index is 908. The number of nitrogens with zero attached hydrogens (tertiary/aromatic N) is 1. The number of methoxy groups -OCH3 is 1. The van der Waals surface area contributed by atoms with Crippen LogP contribution in [-0.4, -0.2) is 60.6 Å². The molecule has 2 unspecified atom stereocenters. The van der Waals surface area contributed by atoms with Gasteiger partial charge in [0.2, 0.25) is 11.8 Å². The van der Waals surface area contributed by atoms with Crippen LogP contribution in [0.5, 0.6) is 0 Å². The minimum absolute atomic E-state index is 0.269. The average molecular weight is 534 g/mol. The van der Waals surface area contributed by atoms with E-state index in [-0.39, 0.29) is 18.4 Å². The van der Waals surface area contributed by atoms with E-state index in [1.165, 1.54) is 12.0 Å². The fourth-order valence-corrected chi connectivity index (χ4v) is 3.94. The Balaban J connectivity index is 3.47. The fourth-order valence-electron chi connectivity index (χ4n) is 3.94. The molecule has 9 heteroatoms. The van der Waals surface area contributed by atoms with Crippen LogP contribution in [0, 0.1) is 5.92 Å². The molecule has 9 nitrogen and oxygen atoms in total. The number of amides is 3. The largest absolute Gasteiger partial charge is 0.468 e. The van der Waals surface area contributed by atoms with Gasteiger partial charge in [-0.2, -0.15) is 0 Å². The third-order valence-electron chi connectivity index (χ3n) is 6.04. The number of hydrogen-bond donors (Lipinski definition) is 2. The molecule has 214 valence electrons. The maximum absolute atomic E-state index is 14.1. The second-order valence-electron chi connectivity index (χ2n) is 10.8. The molecule has 1 aromatic carbocycles. The number of ether oxygens (including phenoxy) is 2. The van der Waals surface area contributed by atoms with Gasteiger partial charge < -0.3 is 25.0 Å². The Morgan fingerprint density at radius 3 is 2.11 bits per heavy atom. The van der Waals surface area contributed by atoms with Crippen molar-refractivity contribution < 1.29 is 28.7 Å². The van der Waals surface area contributed by atoms with Crippen molar-refractivity contribution in [3.8, 4) is 0 Å². The van der Waals surface area contributed by atoms with Crippen LogP contribution in [0.15, 0.2) is 24.3 Å². The van der Waals surface area contributed by atoms with Gasteiger partial charge in [0, 0.05) is 6.54 Å². The summed E-state index contributed by atoms with van der Waals surface area (Å²) in [6.45, 7) is 13.0. The van der Waals surface area contributed by atoms with Crippen LogP contribution in [0.2, 0.25) is 0 Å². The van der Waals surface area contributed by atoms with Crippen molar-refractivity contribution in [1.82, 2.24) is 15.5 Å². The first kappa shape index (κ1) is 32.9. The summed E-state index contributed by atoms with van der Waals surface area (Å²) < 4.78 is 10.1. The Kier molecular flexibility index (Phi) is 13.9. The number of alkyl carbamates (subject to hydrolysis) is 1. The number of carbonyl (C=O) groups is 4. The van der Waals surface area contributed by atoms with Gasteiger partial charge >= 0.3 is 12.1 Å². The van der Waals surface area contributed by atoms with Gasteiger partial charge in [-0.1, -0.05) is 71.2 Å². The van der Waals surface area contributed by atoms with Crippen LogP contribution in [-0.2, 0) is 30.3 Å². The molecule has 0 saturated carbocycles. The van der Waals surface area contributed by atoms with E-state index in [2.05, 4.69) is 22.3 Å². The predicted molar refractivity (Wildman–Crippen MR) is 147 cm³/mol. The highest BCUT2D eigenvalue weighted by Crippen LogP contribution is 2.25. The van der Waals surface area contributed by atoms with Crippen LogP contribution in [0.25, 0.3) is 0 Å². The molecule has 1 rings (SSSR count). The van der Waals surface area contributed by atoms with Crippen molar-refractivity contribution >= 4 is 23.9 Å². The molecular weight excluding hydrogens is 486 g/mol. The van der Waals surface area contributed by atoms with E-state index in [0.29, 0.717) is 18.5 Å². The molecule has 2 atom stereocenters. The van der Waals surface area contributed by atoms with Gasteiger partial charge in [-0.25, -0.2) is 4.79 Å². The van der Waals surface area contributed by atoms with Gasteiger partial charge in [-0.3, -0.25) is 14.4 Å². The van der Waals surface area contributed by atoms with Crippen LogP contribution >= 0.6 is 0 Å². The number of rotatable bonds is 14. The van der Waals surface area contributed by atoms with E-state index in [1.807, 2.05) is 45.0 Å². The summed E-state index contributed by atoms with van der Waals surface area (Å²) in [5.74, 6) is -1.75. The third kappa shape index (κ3) is 11.1. The lowest BCUT2D eigenvalue weighted by Crippen LogP contribution is -2.55. The summed E-state index contributed by atoms with van der Waals surface area (Å²) in [6.07, 6.45) is 3.71. The van der Waals surface area contributed by atoms with E-state index in [1.54, 1.807) is 20.8 Å². The number of esters is 1. The lowest BCUT2D eigenvalue weighted by atomic mass is 9.97. The third-order valence-corrected chi connectivity index (χ3v) is 6.04. The standard InChI is InChI=1S/C29H47N3O6/c1-9-11-12-13-18-32(27(35)24(20(3)4)31-28(36)38-29(5,6)7)25(26(34)30-19-23(33)37-8)22-16-14-21(10-2)15-17-22/h14-17,20,24-25H,9-13,18-19H2,1-8H3,(H,30,34)(H,31,36). The Hall–Kier alpha value is -3.10. The summed E-state index contributed by atoms with van der Waals surface area (Å²) in [4.78, 5) is 53.5. The van der Waals surface area contributed by atoms with Crippen molar-refractivity contribution in [2.24, 2.45) is 5.92 Å². The molecule has 0 fully saturated rings. The summed E-state index contributed by atoms with van der Waals surface area (Å²) in [7, 11) is 1.24. The first-order valence-corrected chi connectivity index (χ1v) is 13.6. The highest BCUT2D eigenvalue weighted by Gasteiger charge is 2.37. The monoisotopic (exact) mass is 533 g/mol. The maximum Gasteiger partial charge on any atom is 0.408 e. The van der Waals surface area contributed by atoms with E-state index in [0.717, 1.165) is 31.2 Å². The van der Waals surface area contributed by atoms with E-state index < -0.39 is 35.7 Å². The lowest BCUT2D eigenvalue weighted by Gasteiger charge is -2.35. The topological polar surface area (TPSA) is 114 Å². The molecule has 0 spiro atoms. The van der Waals surface area contributed by atoms with Crippen LogP contribution < -0.4 is 10.6 Å².